The molecule has 0 heterocycles. The van der Waals surface area contributed by atoms with Crippen LogP contribution in [0.1, 0.15) is 0 Å². The second-order valence-electron chi connectivity index (χ2n) is 1.97. The number of nitrogens with zero attached hydrogens (tertiary/aromatic N) is 3. The van der Waals surface area contributed by atoms with Gasteiger partial charge in [-0.1, -0.05) is 0 Å². The molecular formula is C6H13N7O2. The molecule has 0 aliphatic carbocycles. The minimum absolute atomic E-state index is 0.0509. The number of aliphatic imine (C=N–C) groups is 1. The average Bonchev–Trinajstić information content (AvgIpc) is 2.18. The Labute approximate surface area is 86.6 Å². The van der Waals surface area contributed by atoms with Crippen LogP contribution in [0.2, 0.25) is 0 Å². The van der Waals surface area contributed by atoms with Gasteiger partial charge >= 0.3 is 0 Å². The standard InChI is InChI=1S/C3H6N4.C3H7N3O2/c1-6-3(5)7-2-4;1-5-3(4)2-6(7)8/h1H3,(H3,5,6,7);2,5H,4H2,1H3/b;3-2+. The van der Waals surface area contributed by atoms with Crippen molar-refractivity contribution in [2.75, 3.05) is 14.1 Å². The number of rotatable bonds is 2. The van der Waals surface area contributed by atoms with Crippen molar-refractivity contribution in [2.24, 2.45) is 16.5 Å². The molecule has 0 saturated heterocycles. The van der Waals surface area contributed by atoms with Gasteiger partial charge < -0.3 is 16.8 Å². The topological polar surface area (TPSA) is 155 Å². The zero-order valence-electron chi connectivity index (χ0n) is 8.39. The lowest BCUT2D eigenvalue weighted by atomic mass is 10.8. The predicted molar refractivity (Wildman–Crippen MR) is 54.6 cm³/mol. The summed E-state index contributed by atoms with van der Waals surface area (Å²) in [6.07, 6.45) is 2.31. The summed E-state index contributed by atoms with van der Waals surface area (Å²) in [5.74, 6) is 0.192. The molecule has 9 heteroatoms. The molecule has 0 aliphatic rings. The smallest absolute Gasteiger partial charge is 0.273 e. The second kappa shape index (κ2) is 9.59. The van der Waals surface area contributed by atoms with E-state index < -0.39 is 4.92 Å². The van der Waals surface area contributed by atoms with E-state index in [0.717, 1.165) is 0 Å². The summed E-state index contributed by atoms with van der Waals surface area (Å²) in [7, 11) is 3.01. The van der Waals surface area contributed by atoms with Crippen LogP contribution in [0.5, 0.6) is 0 Å². The molecule has 0 atom stereocenters. The fourth-order valence-electron chi connectivity index (χ4n) is 0.291. The quantitative estimate of drug-likeness (QED) is 0.106. The molecule has 0 aliphatic heterocycles. The Morgan fingerprint density at radius 2 is 2.20 bits per heavy atom. The largest absolute Gasteiger partial charge is 0.380 e. The molecule has 0 spiro atoms. The van der Waals surface area contributed by atoms with Gasteiger partial charge in [-0.3, -0.25) is 20.4 Å². The van der Waals surface area contributed by atoms with Crippen LogP contribution >= 0.6 is 0 Å². The highest BCUT2D eigenvalue weighted by Crippen LogP contribution is 1.73. The Morgan fingerprint density at radius 1 is 1.67 bits per heavy atom. The van der Waals surface area contributed by atoms with Crippen molar-refractivity contribution >= 4 is 5.96 Å². The van der Waals surface area contributed by atoms with Crippen molar-refractivity contribution in [1.29, 1.82) is 5.26 Å². The van der Waals surface area contributed by atoms with Crippen LogP contribution in [0.4, 0.5) is 0 Å². The molecule has 0 aromatic heterocycles. The lowest BCUT2D eigenvalue weighted by Crippen LogP contribution is -2.26. The first-order valence-electron chi connectivity index (χ1n) is 3.63. The van der Waals surface area contributed by atoms with Gasteiger partial charge in [0.1, 0.15) is 0 Å². The molecule has 0 aromatic rings. The molecule has 0 bridgehead atoms. The third kappa shape index (κ3) is 14.4. The summed E-state index contributed by atoms with van der Waals surface area (Å²) in [5, 5.41) is 21.9. The number of nitro groups is 1. The van der Waals surface area contributed by atoms with Gasteiger partial charge in [-0.2, -0.15) is 5.26 Å². The number of hydrogen-bond acceptors (Lipinski definition) is 6. The Hall–Kier alpha value is -2.50. The van der Waals surface area contributed by atoms with Crippen molar-refractivity contribution in [3.63, 3.8) is 0 Å². The minimum Gasteiger partial charge on any atom is -0.380 e. The maximum Gasteiger partial charge on any atom is 0.273 e. The van der Waals surface area contributed by atoms with E-state index in [-0.39, 0.29) is 11.8 Å². The van der Waals surface area contributed by atoms with Crippen molar-refractivity contribution in [2.45, 2.75) is 0 Å². The molecule has 15 heavy (non-hydrogen) atoms. The fourth-order valence-corrected chi connectivity index (χ4v) is 0.291. The molecule has 0 unspecified atom stereocenters. The van der Waals surface area contributed by atoms with E-state index in [1.165, 1.54) is 14.1 Å². The summed E-state index contributed by atoms with van der Waals surface area (Å²) < 4.78 is 0. The highest BCUT2D eigenvalue weighted by Gasteiger charge is 1.89. The van der Waals surface area contributed by atoms with Gasteiger partial charge in [-0.05, 0) is 0 Å². The molecule has 0 rings (SSSR count). The Kier molecular flexibility index (Phi) is 9.58. The van der Waals surface area contributed by atoms with E-state index in [0.29, 0.717) is 6.20 Å². The Bertz CT molecular complexity index is 290. The molecule has 0 aromatic carbocycles. The number of guanidine groups is 1. The Balaban J connectivity index is 0. The summed E-state index contributed by atoms with van der Waals surface area (Å²) in [6.45, 7) is 0. The monoisotopic (exact) mass is 215 g/mol. The number of nitrogens with one attached hydrogen (secondary N) is 2. The third-order valence-electron chi connectivity index (χ3n) is 0.958. The van der Waals surface area contributed by atoms with Crippen LogP contribution in [-0.4, -0.2) is 25.0 Å². The molecular weight excluding hydrogens is 202 g/mol. The fraction of sp³-hybridized carbons (Fsp3) is 0.333. The molecule has 0 fully saturated rings. The van der Waals surface area contributed by atoms with E-state index in [9.17, 15) is 10.1 Å². The molecule has 6 N–H and O–H groups in total. The van der Waals surface area contributed by atoms with E-state index in [1.807, 2.05) is 0 Å². The summed E-state index contributed by atoms with van der Waals surface area (Å²) in [5.41, 5.74) is 9.98. The second-order valence-corrected chi connectivity index (χ2v) is 1.97. The van der Waals surface area contributed by atoms with Crippen molar-refractivity contribution < 1.29 is 4.92 Å². The highest BCUT2D eigenvalue weighted by atomic mass is 16.6. The summed E-state index contributed by atoms with van der Waals surface area (Å²) in [4.78, 5) is 12.4. The zero-order valence-corrected chi connectivity index (χ0v) is 8.39. The maximum absolute atomic E-state index is 9.58. The van der Waals surface area contributed by atoms with E-state index >= 15 is 0 Å². The Morgan fingerprint density at radius 3 is 2.33 bits per heavy atom. The van der Waals surface area contributed by atoms with Crippen LogP contribution in [-0.2, 0) is 0 Å². The van der Waals surface area contributed by atoms with Gasteiger partial charge in [0.15, 0.2) is 12.0 Å². The summed E-state index contributed by atoms with van der Waals surface area (Å²) in [6, 6.07) is 0. The first-order valence-corrected chi connectivity index (χ1v) is 3.63. The average molecular weight is 215 g/mol. The van der Waals surface area contributed by atoms with E-state index in [1.54, 1.807) is 6.19 Å². The van der Waals surface area contributed by atoms with E-state index in [4.69, 9.17) is 16.7 Å². The van der Waals surface area contributed by atoms with Crippen LogP contribution in [0.25, 0.3) is 0 Å². The summed E-state index contributed by atoms with van der Waals surface area (Å²) >= 11 is 0. The first-order chi connectivity index (χ1) is 6.97. The van der Waals surface area contributed by atoms with Gasteiger partial charge in [0.05, 0.1) is 4.92 Å². The van der Waals surface area contributed by atoms with Crippen molar-refractivity contribution in [3.05, 3.63) is 22.1 Å². The van der Waals surface area contributed by atoms with Crippen LogP contribution in [0, 0.1) is 21.6 Å². The lowest BCUT2D eigenvalue weighted by molar-refractivity contribution is -0.403. The number of nitriles is 1. The van der Waals surface area contributed by atoms with Gasteiger partial charge in [0.2, 0.25) is 5.96 Å². The van der Waals surface area contributed by atoms with Crippen LogP contribution in [0.15, 0.2) is 17.0 Å². The van der Waals surface area contributed by atoms with Crippen molar-refractivity contribution in [3.8, 4) is 6.19 Å². The van der Waals surface area contributed by atoms with E-state index in [2.05, 4.69) is 15.6 Å². The van der Waals surface area contributed by atoms with Crippen molar-refractivity contribution in [1.82, 2.24) is 10.6 Å². The van der Waals surface area contributed by atoms with Crippen LogP contribution < -0.4 is 22.1 Å². The predicted octanol–water partition coefficient (Wildman–Crippen LogP) is -1.76. The highest BCUT2D eigenvalue weighted by molar-refractivity contribution is 5.78. The number of nitrogens with two attached hydrogens (primary N) is 2. The molecule has 9 nitrogen and oxygen atoms in total. The van der Waals surface area contributed by atoms with Crippen LogP contribution in [0.3, 0.4) is 0 Å². The molecule has 0 amide bonds. The van der Waals surface area contributed by atoms with Gasteiger partial charge in [0.25, 0.3) is 6.20 Å². The first kappa shape index (κ1) is 15.0. The van der Waals surface area contributed by atoms with Gasteiger partial charge in [0, 0.05) is 14.1 Å². The number of hydrogen-bond donors (Lipinski definition) is 4. The van der Waals surface area contributed by atoms with Gasteiger partial charge in [-0.25, -0.2) is 0 Å². The SMILES string of the molecule is CN/C(N)=C/[N+](=O)[O-].CN=C(N)NC#N. The third-order valence-corrected chi connectivity index (χ3v) is 0.958. The zero-order chi connectivity index (χ0) is 12.3. The minimum atomic E-state index is -0.619. The lowest BCUT2D eigenvalue weighted by Gasteiger charge is -1.90. The molecule has 84 valence electrons. The van der Waals surface area contributed by atoms with Gasteiger partial charge in [-0.15, -0.1) is 0 Å². The molecule has 0 radical (unpaired) electrons. The molecule has 0 saturated carbocycles. The maximum atomic E-state index is 9.58. The normalized spacial score (nSPS) is 10.5.